The van der Waals surface area contributed by atoms with Crippen LogP contribution in [0.2, 0.25) is 0 Å². The lowest BCUT2D eigenvalue weighted by molar-refractivity contribution is 0.101. The fraction of sp³-hybridized carbons (Fsp3) is 0.133. The third-order valence-corrected chi connectivity index (χ3v) is 3.87. The quantitative estimate of drug-likeness (QED) is 0.510. The van der Waals surface area contributed by atoms with Crippen LogP contribution in [0.1, 0.15) is 22.8 Å². The zero-order chi connectivity index (χ0) is 13.8. The lowest BCUT2D eigenvalue weighted by Crippen LogP contribution is -2.04. The number of nitrogens with two attached hydrogens (primary N) is 1. The molecule has 0 aliphatic carbocycles. The highest BCUT2D eigenvalue weighted by atomic mass is 127. The number of anilines is 1. The minimum Gasteiger partial charge on any atom is -0.488 e. The van der Waals surface area contributed by atoms with Crippen LogP contribution in [0.5, 0.6) is 5.75 Å². The van der Waals surface area contributed by atoms with Crippen molar-refractivity contribution in [1.82, 2.24) is 0 Å². The standard InChI is InChI=1S/C15H14INO2/c1-10(18)12-7-8-13(14(16)15(12)17)19-9-11-5-3-2-4-6-11/h2-8H,9,17H2,1H3. The highest BCUT2D eigenvalue weighted by Gasteiger charge is 2.12. The van der Waals surface area contributed by atoms with E-state index >= 15 is 0 Å². The summed E-state index contributed by atoms with van der Waals surface area (Å²) in [4.78, 5) is 11.4. The van der Waals surface area contributed by atoms with E-state index in [0.29, 0.717) is 23.6 Å². The number of halogens is 1. The average molecular weight is 367 g/mol. The molecule has 0 bridgehead atoms. The van der Waals surface area contributed by atoms with E-state index in [4.69, 9.17) is 10.5 Å². The number of carbonyl (C=O) groups is 1. The van der Waals surface area contributed by atoms with Gasteiger partial charge in [0.2, 0.25) is 0 Å². The number of Topliss-reactive ketones (excluding diaryl/α,β-unsaturated/α-hetero) is 1. The first-order valence-electron chi connectivity index (χ1n) is 5.85. The van der Waals surface area contributed by atoms with Gasteiger partial charge in [-0.2, -0.15) is 0 Å². The molecule has 0 unspecified atom stereocenters. The van der Waals surface area contributed by atoms with E-state index in [1.54, 1.807) is 12.1 Å². The van der Waals surface area contributed by atoms with Gasteiger partial charge in [-0.05, 0) is 47.2 Å². The van der Waals surface area contributed by atoms with Gasteiger partial charge in [0, 0.05) is 5.56 Å². The zero-order valence-electron chi connectivity index (χ0n) is 10.5. The molecular formula is C15H14INO2. The summed E-state index contributed by atoms with van der Waals surface area (Å²) in [6.07, 6.45) is 0. The van der Waals surface area contributed by atoms with Gasteiger partial charge in [-0.1, -0.05) is 30.3 Å². The number of ether oxygens (including phenoxy) is 1. The number of carbonyl (C=O) groups excluding carboxylic acids is 1. The number of hydrogen-bond donors (Lipinski definition) is 1. The third kappa shape index (κ3) is 3.26. The first kappa shape index (κ1) is 13.9. The SMILES string of the molecule is CC(=O)c1ccc(OCc2ccccc2)c(I)c1N. The van der Waals surface area contributed by atoms with Gasteiger partial charge in [0.25, 0.3) is 0 Å². The second-order valence-corrected chi connectivity index (χ2v) is 5.25. The summed E-state index contributed by atoms with van der Waals surface area (Å²) in [5.74, 6) is 0.664. The maximum Gasteiger partial charge on any atom is 0.161 e. The lowest BCUT2D eigenvalue weighted by atomic mass is 10.1. The van der Waals surface area contributed by atoms with Gasteiger partial charge < -0.3 is 10.5 Å². The molecule has 2 aromatic carbocycles. The van der Waals surface area contributed by atoms with Crippen molar-refractivity contribution in [1.29, 1.82) is 0 Å². The minimum absolute atomic E-state index is 0.0370. The Balaban J connectivity index is 2.18. The van der Waals surface area contributed by atoms with Crippen LogP contribution in [0.25, 0.3) is 0 Å². The molecule has 0 heterocycles. The zero-order valence-corrected chi connectivity index (χ0v) is 12.7. The van der Waals surface area contributed by atoms with Crippen molar-refractivity contribution in [3.05, 3.63) is 57.2 Å². The fourth-order valence-corrected chi connectivity index (χ4v) is 2.35. The molecular weight excluding hydrogens is 353 g/mol. The van der Waals surface area contributed by atoms with Gasteiger partial charge in [-0.25, -0.2) is 0 Å². The van der Waals surface area contributed by atoms with Crippen LogP contribution >= 0.6 is 22.6 Å². The molecule has 0 amide bonds. The molecule has 0 aliphatic rings. The Labute approximate surface area is 125 Å². The molecule has 0 aliphatic heterocycles. The first-order chi connectivity index (χ1) is 9.09. The predicted octanol–water partition coefficient (Wildman–Crippen LogP) is 3.66. The molecule has 2 N–H and O–H groups in total. The Morgan fingerprint density at radius 3 is 2.53 bits per heavy atom. The summed E-state index contributed by atoms with van der Waals surface area (Å²) in [5.41, 5.74) is 8.06. The van der Waals surface area contributed by atoms with E-state index in [0.717, 1.165) is 9.13 Å². The molecule has 0 saturated heterocycles. The van der Waals surface area contributed by atoms with Crippen molar-refractivity contribution in [2.75, 3.05) is 5.73 Å². The molecule has 0 saturated carbocycles. The van der Waals surface area contributed by atoms with Crippen LogP contribution in [0.3, 0.4) is 0 Å². The van der Waals surface area contributed by atoms with Gasteiger partial charge in [0.15, 0.2) is 5.78 Å². The normalized spacial score (nSPS) is 10.2. The molecule has 0 radical (unpaired) electrons. The Morgan fingerprint density at radius 1 is 1.21 bits per heavy atom. The monoisotopic (exact) mass is 367 g/mol. The summed E-state index contributed by atoms with van der Waals surface area (Å²) in [6.45, 7) is 1.99. The highest BCUT2D eigenvalue weighted by molar-refractivity contribution is 14.1. The highest BCUT2D eigenvalue weighted by Crippen LogP contribution is 2.30. The smallest absolute Gasteiger partial charge is 0.161 e. The average Bonchev–Trinajstić information content (AvgIpc) is 2.41. The molecule has 2 rings (SSSR count). The Kier molecular flexibility index (Phi) is 4.42. The molecule has 3 nitrogen and oxygen atoms in total. The lowest BCUT2D eigenvalue weighted by Gasteiger charge is -2.12. The largest absolute Gasteiger partial charge is 0.488 e. The predicted molar refractivity (Wildman–Crippen MR) is 84.3 cm³/mol. The van der Waals surface area contributed by atoms with Crippen molar-refractivity contribution in [2.45, 2.75) is 13.5 Å². The topological polar surface area (TPSA) is 52.3 Å². The van der Waals surface area contributed by atoms with Crippen LogP contribution in [0, 0.1) is 3.57 Å². The van der Waals surface area contributed by atoms with Gasteiger partial charge >= 0.3 is 0 Å². The second-order valence-electron chi connectivity index (χ2n) is 4.17. The van der Waals surface area contributed by atoms with Crippen molar-refractivity contribution in [3.63, 3.8) is 0 Å². The van der Waals surface area contributed by atoms with Gasteiger partial charge in [-0.15, -0.1) is 0 Å². The molecule has 19 heavy (non-hydrogen) atoms. The van der Waals surface area contributed by atoms with Gasteiger partial charge in [-0.3, -0.25) is 4.79 Å². The van der Waals surface area contributed by atoms with Crippen LogP contribution in [0.15, 0.2) is 42.5 Å². The second kappa shape index (κ2) is 6.06. The summed E-state index contributed by atoms with van der Waals surface area (Å²) < 4.78 is 6.52. The molecule has 2 aromatic rings. The van der Waals surface area contributed by atoms with Crippen molar-refractivity contribution in [2.24, 2.45) is 0 Å². The first-order valence-corrected chi connectivity index (χ1v) is 6.93. The summed E-state index contributed by atoms with van der Waals surface area (Å²) in [5, 5.41) is 0. The van der Waals surface area contributed by atoms with E-state index in [2.05, 4.69) is 22.6 Å². The Hall–Kier alpha value is -1.56. The van der Waals surface area contributed by atoms with Crippen LogP contribution in [-0.2, 0) is 6.61 Å². The molecule has 0 fully saturated rings. The fourth-order valence-electron chi connectivity index (χ4n) is 1.73. The summed E-state index contributed by atoms with van der Waals surface area (Å²) in [7, 11) is 0. The van der Waals surface area contributed by atoms with E-state index < -0.39 is 0 Å². The number of hydrogen-bond acceptors (Lipinski definition) is 3. The number of benzene rings is 2. The van der Waals surface area contributed by atoms with Gasteiger partial charge in [0.05, 0.1) is 9.26 Å². The molecule has 0 aromatic heterocycles. The Morgan fingerprint density at radius 2 is 1.89 bits per heavy atom. The van der Waals surface area contributed by atoms with Crippen LogP contribution in [0.4, 0.5) is 5.69 Å². The van der Waals surface area contributed by atoms with Crippen molar-refractivity contribution >= 4 is 34.1 Å². The van der Waals surface area contributed by atoms with Gasteiger partial charge in [0.1, 0.15) is 12.4 Å². The van der Waals surface area contributed by atoms with Crippen molar-refractivity contribution in [3.8, 4) is 5.75 Å². The third-order valence-electron chi connectivity index (χ3n) is 2.76. The molecule has 98 valence electrons. The number of rotatable bonds is 4. The Bertz CT molecular complexity index is 597. The summed E-state index contributed by atoms with van der Waals surface area (Å²) >= 11 is 2.10. The van der Waals surface area contributed by atoms with E-state index in [1.165, 1.54) is 6.92 Å². The maximum atomic E-state index is 11.4. The minimum atomic E-state index is -0.0370. The number of ketones is 1. The molecule has 4 heteroatoms. The van der Waals surface area contributed by atoms with E-state index in [1.807, 2.05) is 30.3 Å². The van der Waals surface area contributed by atoms with Crippen molar-refractivity contribution < 1.29 is 9.53 Å². The van der Waals surface area contributed by atoms with Crippen LogP contribution in [-0.4, -0.2) is 5.78 Å². The summed E-state index contributed by atoms with van der Waals surface area (Å²) in [6, 6.07) is 13.4. The van der Waals surface area contributed by atoms with E-state index in [9.17, 15) is 4.79 Å². The van der Waals surface area contributed by atoms with E-state index in [-0.39, 0.29) is 5.78 Å². The molecule has 0 spiro atoms. The maximum absolute atomic E-state index is 11.4. The number of nitrogen functional groups attached to an aromatic ring is 1. The molecule has 0 atom stereocenters. The van der Waals surface area contributed by atoms with Crippen LogP contribution < -0.4 is 10.5 Å².